The largest absolute Gasteiger partial charge is 0.352 e. The van der Waals surface area contributed by atoms with Crippen molar-refractivity contribution in [1.29, 1.82) is 0 Å². The van der Waals surface area contributed by atoms with Crippen molar-refractivity contribution in [1.82, 2.24) is 0 Å². The molecule has 0 saturated heterocycles. The van der Waals surface area contributed by atoms with Gasteiger partial charge in [-0.2, -0.15) is 13.5 Å². The van der Waals surface area contributed by atoms with E-state index in [0.717, 1.165) is 0 Å². The van der Waals surface area contributed by atoms with Crippen molar-refractivity contribution in [3.8, 4) is 0 Å². The van der Waals surface area contributed by atoms with E-state index >= 15 is 0 Å². The van der Waals surface area contributed by atoms with Crippen LogP contribution in [-0.2, 0) is 0 Å². The van der Waals surface area contributed by atoms with Gasteiger partial charge in [-0.05, 0) is 0 Å². The standard InChI is InChI=1S/CH4N2O.2ClH.H2S/c2-1(3)4;;;/h(H4,2,3,4);2*1H;1H2. The first-order valence-electron chi connectivity index (χ1n) is 0.781. The minimum absolute atomic E-state index is 0. The molecule has 0 radical (unpaired) electrons. The highest BCUT2D eigenvalue weighted by Gasteiger charge is 1.60. The van der Waals surface area contributed by atoms with E-state index in [1.807, 2.05) is 0 Å². The first kappa shape index (κ1) is 27.0. The van der Waals surface area contributed by atoms with Crippen molar-refractivity contribution in [3.05, 3.63) is 0 Å². The molecule has 6 heteroatoms. The summed E-state index contributed by atoms with van der Waals surface area (Å²) >= 11 is 0. The predicted octanol–water partition coefficient (Wildman–Crippen LogP) is -0.0198. The summed E-state index contributed by atoms with van der Waals surface area (Å²) in [5.41, 5.74) is 8.50. The average molecular weight is 167 g/mol. The van der Waals surface area contributed by atoms with Gasteiger partial charge in [0.05, 0.1) is 0 Å². The first-order chi connectivity index (χ1) is 1.73. The van der Waals surface area contributed by atoms with Crippen LogP contribution in [0, 0.1) is 0 Å². The molecule has 4 N–H and O–H groups in total. The van der Waals surface area contributed by atoms with Crippen molar-refractivity contribution in [2.24, 2.45) is 11.5 Å². The molecule has 3 nitrogen and oxygen atoms in total. The zero-order valence-electron chi connectivity index (χ0n) is 3.38. The minimum Gasteiger partial charge on any atom is -0.352 e. The summed E-state index contributed by atoms with van der Waals surface area (Å²) in [4.78, 5) is 9.00. The lowest BCUT2D eigenvalue weighted by atomic mass is 11.2. The molecule has 0 unspecified atom stereocenters. The molecule has 0 aromatic rings. The van der Waals surface area contributed by atoms with Crippen LogP contribution >= 0.6 is 38.3 Å². The van der Waals surface area contributed by atoms with Crippen LogP contribution in [0.15, 0.2) is 0 Å². The maximum atomic E-state index is 9.00. The molecule has 0 aliphatic heterocycles. The molecule has 0 fully saturated rings. The lowest BCUT2D eigenvalue weighted by molar-refractivity contribution is 0.256. The zero-order chi connectivity index (χ0) is 3.58. The van der Waals surface area contributed by atoms with E-state index in [-0.39, 0.29) is 38.3 Å². The highest BCUT2D eigenvalue weighted by molar-refractivity contribution is 7.59. The van der Waals surface area contributed by atoms with Crippen LogP contribution in [0.2, 0.25) is 0 Å². The van der Waals surface area contributed by atoms with E-state index in [9.17, 15) is 0 Å². The van der Waals surface area contributed by atoms with Crippen LogP contribution in [0.4, 0.5) is 4.79 Å². The van der Waals surface area contributed by atoms with Gasteiger partial charge in [-0.3, -0.25) is 0 Å². The fourth-order valence-electron chi connectivity index (χ4n) is 0. The van der Waals surface area contributed by atoms with Gasteiger partial charge in [0.1, 0.15) is 0 Å². The fourth-order valence-corrected chi connectivity index (χ4v) is 0. The van der Waals surface area contributed by atoms with Gasteiger partial charge < -0.3 is 11.5 Å². The Hall–Kier alpha value is 0.200. The highest BCUT2D eigenvalue weighted by Crippen LogP contribution is 1.25. The Morgan fingerprint density at radius 1 is 1.14 bits per heavy atom. The van der Waals surface area contributed by atoms with E-state index in [4.69, 9.17) is 4.79 Å². The second kappa shape index (κ2) is 16.4. The second-order valence-electron chi connectivity index (χ2n) is 0.402. The van der Waals surface area contributed by atoms with Gasteiger partial charge in [-0.15, -0.1) is 24.8 Å². The van der Waals surface area contributed by atoms with Crippen LogP contribution < -0.4 is 11.5 Å². The van der Waals surface area contributed by atoms with Crippen molar-refractivity contribution in [3.63, 3.8) is 0 Å². The van der Waals surface area contributed by atoms with E-state index in [2.05, 4.69) is 11.5 Å². The number of nitrogens with two attached hydrogens (primary N) is 2. The van der Waals surface area contributed by atoms with Crippen molar-refractivity contribution >= 4 is 44.3 Å². The summed E-state index contributed by atoms with van der Waals surface area (Å²) in [6.07, 6.45) is 0. The number of hydrogen-bond donors (Lipinski definition) is 2. The molecule has 0 spiro atoms. The Bertz CT molecular complexity index is 38.7. The van der Waals surface area contributed by atoms with E-state index in [1.54, 1.807) is 0 Å². The summed E-state index contributed by atoms with van der Waals surface area (Å²) in [5.74, 6) is 0. The number of urea groups is 1. The van der Waals surface area contributed by atoms with Crippen molar-refractivity contribution in [2.45, 2.75) is 0 Å². The van der Waals surface area contributed by atoms with E-state index in [0.29, 0.717) is 0 Å². The quantitative estimate of drug-likeness (QED) is 0.523. The lowest BCUT2D eigenvalue weighted by Crippen LogP contribution is -2.18. The molecule has 7 heavy (non-hydrogen) atoms. The Morgan fingerprint density at radius 2 is 1.14 bits per heavy atom. The van der Waals surface area contributed by atoms with Gasteiger partial charge >= 0.3 is 6.03 Å². The molecule has 0 rings (SSSR count). The molecule has 0 atom stereocenters. The van der Waals surface area contributed by atoms with Gasteiger partial charge in [0, 0.05) is 0 Å². The molecule has 2 amide bonds. The molecule has 48 valence electrons. The molecule has 0 aliphatic carbocycles. The third-order valence-electron chi connectivity index (χ3n) is 0. The molecule has 0 aromatic heterocycles. The minimum atomic E-state index is -0.833. The summed E-state index contributed by atoms with van der Waals surface area (Å²) < 4.78 is 0. The number of amides is 2. The summed E-state index contributed by atoms with van der Waals surface area (Å²) in [6, 6.07) is -0.833. The normalized spacial score (nSPS) is 3.43. The Balaban J connectivity index is -0.0000000150. The van der Waals surface area contributed by atoms with Gasteiger partial charge in [0.25, 0.3) is 0 Å². The topological polar surface area (TPSA) is 69.1 Å². The number of rotatable bonds is 0. The highest BCUT2D eigenvalue weighted by atomic mass is 35.5. The maximum absolute atomic E-state index is 9.00. The summed E-state index contributed by atoms with van der Waals surface area (Å²) in [7, 11) is 0. The Labute approximate surface area is 61.1 Å². The molecule has 0 bridgehead atoms. The van der Waals surface area contributed by atoms with Gasteiger partial charge in [-0.1, -0.05) is 0 Å². The third-order valence-corrected chi connectivity index (χ3v) is 0. The fraction of sp³-hybridized carbons (Fsp3) is 0. The number of carbonyl (C=O) groups is 1. The van der Waals surface area contributed by atoms with Crippen LogP contribution in [0.5, 0.6) is 0 Å². The number of halogens is 2. The van der Waals surface area contributed by atoms with E-state index in [1.165, 1.54) is 0 Å². The summed E-state index contributed by atoms with van der Waals surface area (Å²) in [6.45, 7) is 0. The monoisotopic (exact) mass is 166 g/mol. The molecule has 0 aliphatic rings. The summed E-state index contributed by atoms with van der Waals surface area (Å²) in [5, 5.41) is 0. The number of hydrogen-bond acceptors (Lipinski definition) is 1. The lowest BCUT2D eigenvalue weighted by Gasteiger charge is -1.62. The van der Waals surface area contributed by atoms with Gasteiger partial charge in [0.15, 0.2) is 0 Å². The smallest absolute Gasteiger partial charge is 0.309 e. The van der Waals surface area contributed by atoms with Gasteiger partial charge in [0.2, 0.25) is 0 Å². The average Bonchev–Trinajstić information content (AvgIpc) is 0.811. The van der Waals surface area contributed by atoms with Crippen LogP contribution in [-0.4, -0.2) is 6.03 Å². The third kappa shape index (κ3) is 2730. The van der Waals surface area contributed by atoms with Crippen LogP contribution in [0.3, 0.4) is 0 Å². The molecular weight excluding hydrogens is 159 g/mol. The first-order valence-corrected chi connectivity index (χ1v) is 0.781. The molecular formula is CH8Cl2N2OS. The molecule has 0 aromatic carbocycles. The van der Waals surface area contributed by atoms with Gasteiger partial charge in [-0.25, -0.2) is 4.79 Å². The second-order valence-corrected chi connectivity index (χ2v) is 0.402. The van der Waals surface area contributed by atoms with Crippen LogP contribution in [0.1, 0.15) is 0 Å². The van der Waals surface area contributed by atoms with Crippen molar-refractivity contribution < 1.29 is 4.79 Å². The molecule has 0 saturated carbocycles. The Kier molecular flexibility index (Phi) is 63.2. The van der Waals surface area contributed by atoms with Crippen molar-refractivity contribution in [2.75, 3.05) is 0 Å². The maximum Gasteiger partial charge on any atom is 0.309 e. The van der Waals surface area contributed by atoms with Crippen LogP contribution in [0.25, 0.3) is 0 Å². The zero-order valence-corrected chi connectivity index (χ0v) is 6.01. The predicted molar refractivity (Wildman–Crippen MR) is 38.6 cm³/mol. The number of carbonyl (C=O) groups excluding carboxylic acids is 1. The SMILES string of the molecule is Cl.Cl.NC(N)=O.S. The number of primary amides is 2. The van der Waals surface area contributed by atoms with E-state index < -0.39 is 6.03 Å². The Morgan fingerprint density at radius 3 is 1.14 bits per heavy atom. The molecule has 0 heterocycles.